The molecule has 9 nitrogen and oxygen atoms in total. The van der Waals surface area contributed by atoms with Crippen LogP contribution in [0.4, 0.5) is 5.69 Å². The summed E-state index contributed by atoms with van der Waals surface area (Å²) in [6.07, 6.45) is -1.66. The fourth-order valence-corrected chi connectivity index (χ4v) is 7.89. The SMILES string of the molecule is CC(=O)O[C@H]1C[C@H](O)[C@@]2(C)[C@H]1[C@@H](C)C[C@H]1OC(=O)[C@H](CN3CCN(c4ccccc4)CC3)[C@H]1[C@@H]2OC(C)=O. The second-order valence-electron chi connectivity index (χ2n) is 11.8. The van der Waals surface area contributed by atoms with Gasteiger partial charge in [0.05, 0.1) is 12.0 Å². The van der Waals surface area contributed by atoms with Crippen LogP contribution < -0.4 is 4.90 Å². The first-order chi connectivity index (χ1) is 18.1. The first-order valence-corrected chi connectivity index (χ1v) is 13.8. The first-order valence-electron chi connectivity index (χ1n) is 13.8. The number of hydrogen-bond donors (Lipinski definition) is 1. The number of para-hydroxylation sites is 1. The average Bonchev–Trinajstić information content (AvgIpc) is 3.26. The van der Waals surface area contributed by atoms with Gasteiger partial charge in [-0.15, -0.1) is 0 Å². The summed E-state index contributed by atoms with van der Waals surface area (Å²) in [5.74, 6) is -2.23. The van der Waals surface area contributed by atoms with E-state index in [0.717, 1.165) is 26.2 Å². The molecule has 1 aromatic carbocycles. The largest absolute Gasteiger partial charge is 0.462 e. The molecular weight excluding hydrogens is 488 g/mol. The van der Waals surface area contributed by atoms with E-state index < -0.39 is 47.7 Å². The van der Waals surface area contributed by atoms with Crippen molar-refractivity contribution in [1.29, 1.82) is 0 Å². The molecule has 208 valence electrons. The van der Waals surface area contributed by atoms with Crippen LogP contribution in [0.25, 0.3) is 0 Å². The van der Waals surface area contributed by atoms with Crippen LogP contribution in [-0.4, -0.2) is 85.1 Å². The lowest BCUT2D eigenvalue weighted by molar-refractivity contribution is -0.174. The minimum atomic E-state index is -0.886. The molecule has 0 bridgehead atoms. The molecule has 1 aromatic rings. The third-order valence-corrected chi connectivity index (χ3v) is 9.50. The van der Waals surface area contributed by atoms with E-state index in [1.165, 1.54) is 19.5 Å². The molecule has 2 saturated carbocycles. The van der Waals surface area contributed by atoms with Gasteiger partial charge in [-0.05, 0) is 24.5 Å². The van der Waals surface area contributed by atoms with Gasteiger partial charge in [0.2, 0.25) is 0 Å². The van der Waals surface area contributed by atoms with E-state index in [1.807, 2.05) is 25.1 Å². The third-order valence-electron chi connectivity index (χ3n) is 9.50. The number of piperazine rings is 1. The van der Waals surface area contributed by atoms with Gasteiger partial charge in [0.15, 0.2) is 0 Å². The minimum Gasteiger partial charge on any atom is -0.462 e. The molecule has 2 saturated heterocycles. The molecule has 1 N–H and O–H groups in total. The Kier molecular flexibility index (Phi) is 7.44. The maximum atomic E-state index is 13.3. The van der Waals surface area contributed by atoms with Crippen molar-refractivity contribution in [3.05, 3.63) is 30.3 Å². The maximum Gasteiger partial charge on any atom is 0.311 e. The van der Waals surface area contributed by atoms with Gasteiger partial charge in [0.1, 0.15) is 18.3 Å². The molecule has 0 amide bonds. The van der Waals surface area contributed by atoms with Gasteiger partial charge in [-0.2, -0.15) is 0 Å². The number of aliphatic hydroxyl groups is 1. The summed E-state index contributed by atoms with van der Waals surface area (Å²) in [6.45, 7) is 10.5. The van der Waals surface area contributed by atoms with Crippen molar-refractivity contribution in [2.45, 2.75) is 65.0 Å². The number of aliphatic hydroxyl groups excluding tert-OH is 1. The van der Waals surface area contributed by atoms with E-state index in [4.69, 9.17) is 14.2 Å². The summed E-state index contributed by atoms with van der Waals surface area (Å²) in [4.78, 5) is 42.2. The summed E-state index contributed by atoms with van der Waals surface area (Å²) in [5, 5.41) is 11.4. The highest BCUT2D eigenvalue weighted by Crippen LogP contribution is 2.59. The Morgan fingerprint density at radius 3 is 2.34 bits per heavy atom. The zero-order valence-corrected chi connectivity index (χ0v) is 22.7. The Labute approximate surface area is 224 Å². The summed E-state index contributed by atoms with van der Waals surface area (Å²) in [7, 11) is 0. The van der Waals surface area contributed by atoms with Crippen LogP contribution in [0.1, 0.15) is 40.5 Å². The molecule has 0 spiro atoms. The molecule has 4 aliphatic rings. The highest BCUT2D eigenvalue weighted by Gasteiger charge is 2.67. The van der Waals surface area contributed by atoms with Crippen molar-refractivity contribution < 1.29 is 33.7 Å². The Morgan fingerprint density at radius 2 is 1.71 bits per heavy atom. The lowest BCUT2D eigenvalue weighted by atomic mass is 9.66. The topological polar surface area (TPSA) is 106 Å². The fraction of sp³-hybridized carbons (Fsp3) is 0.690. The molecular formula is C29H40N2O7. The standard InChI is InChI=1S/C29H40N2O7/c1-17-14-22-25(27(37-19(3)33)29(4)24(34)15-23(26(17)29)36-18(2)32)21(28(35)38-22)16-30-10-12-31(13-11-30)20-8-6-5-7-9-20/h5-9,17,21-27,34H,10-16H2,1-4H3/t17-,21+,22+,23-,24-,25+,26-,27-,29-/m0/s1. The maximum absolute atomic E-state index is 13.3. The summed E-state index contributed by atoms with van der Waals surface area (Å²) < 4.78 is 17.7. The van der Waals surface area contributed by atoms with Gasteiger partial charge in [0.25, 0.3) is 0 Å². The molecule has 38 heavy (non-hydrogen) atoms. The van der Waals surface area contributed by atoms with Crippen molar-refractivity contribution in [2.75, 3.05) is 37.6 Å². The zero-order valence-electron chi connectivity index (χ0n) is 22.7. The normalized spacial score (nSPS) is 39.1. The monoisotopic (exact) mass is 528 g/mol. The number of esters is 3. The number of nitrogens with zero attached hydrogens (tertiary/aromatic N) is 2. The van der Waals surface area contributed by atoms with E-state index in [-0.39, 0.29) is 30.1 Å². The van der Waals surface area contributed by atoms with E-state index >= 15 is 0 Å². The number of ether oxygens (including phenoxy) is 3. The molecule has 2 aliphatic heterocycles. The van der Waals surface area contributed by atoms with Crippen molar-refractivity contribution in [3.63, 3.8) is 0 Å². The van der Waals surface area contributed by atoms with Crippen LogP contribution in [0.3, 0.4) is 0 Å². The van der Waals surface area contributed by atoms with Gasteiger partial charge in [-0.1, -0.05) is 32.0 Å². The number of fused-ring (bicyclic) bond motifs is 2. The second kappa shape index (κ2) is 10.5. The number of rotatable bonds is 5. The quantitative estimate of drug-likeness (QED) is 0.455. The van der Waals surface area contributed by atoms with Crippen molar-refractivity contribution in [3.8, 4) is 0 Å². The average molecular weight is 529 g/mol. The van der Waals surface area contributed by atoms with E-state index in [0.29, 0.717) is 13.0 Å². The molecule has 0 aromatic heterocycles. The Morgan fingerprint density at radius 1 is 1.05 bits per heavy atom. The van der Waals surface area contributed by atoms with Crippen LogP contribution in [0.15, 0.2) is 30.3 Å². The second-order valence-corrected chi connectivity index (χ2v) is 11.8. The number of carbonyl (C=O) groups is 3. The summed E-state index contributed by atoms with van der Waals surface area (Å²) in [6, 6.07) is 10.3. The van der Waals surface area contributed by atoms with E-state index in [9.17, 15) is 19.5 Å². The van der Waals surface area contributed by atoms with Crippen LogP contribution in [0.5, 0.6) is 0 Å². The minimum absolute atomic E-state index is 0.0180. The number of anilines is 1. The molecule has 9 atom stereocenters. The third kappa shape index (κ3) is 4.79. The first kappa shape index (κ1) is 26.9. The molecule has 4 fully saturated rings. The van der Waals surface area contributed by atoms with Crippen LogP contribution in [-0.2, 0) is 28.6 Å². The predicted molar refractivity (Wildman–Crippen MR) is 139 cm³/mol. The molecule has 0 unspecified atom stereocenters. The van der Waals surface area contributed by atoms with E-state index in [1.54, 1.807) is 0 Å². The molecule has 0 radical (unpaired) electrons. The van der Waals surface area contributed by atoms with Crippen molar-refractivity contribution in [2.24, 2.45) is 29.1 Å². The van der Waals surface area contributed by atoms with Gasteiger partial charge in [0, 0.05) is 75.9 Å². The Hall–Kier alpha value is -2.65. The van der Waals surface area contributed by atoms with E-state index in [2.05, 4.69) is 28.9 Å². The predicted octanol–water partition coefficient (Wildman–Crippen LogP) is 2.26. The van der Waals surface area contributed by atoms with Crippen molar-refractivity contribution in [1.82, 2.24) is 4.90 Å². The Balaban J connectivity index is 1.40. The summed E-state index contributed by atoms with van der Waals surface area (Å²) >= 11 is 0. The van der Waals surface area contributed by atoms with Gasteiger partial charge < -0.3 is 24.2 Å². The number of benzene rings is 1. The molecule has 5 rings (SSSR count). The van der Waals surface area contributed by atoms with Crippen LogP contribution >= 0.6 is 0 Å². The zero-order chi connectivity index (χ0) is 27.2. The summed E-state index contributed by atoms with van der Waals surface area (Å²) in [5.41, 5.74) is 0.305. The van der Waals surface area contributed by atoms with Gasteiger partial charge >= 0.3 is 17.9 Å². The molecule has 2 aliphatic carbocycles. The molecule has 2 heterocycles. The van der Waals surface area contributed by atoms with Gasteiger partial charge in [-0.25, -0.2) is 0 Å². The van der Waals surface area contributed by atoms with Gasteiger partial charge in [-0.3, -0.25) is 19.3 Å². The number of hydrogen-bond acceptors (Lipinski definition) is 9. The lowest BCUT2D eigenvalue weighted by Crippen LogP contribution is -2.54. The Bertz CT molecular complexity index is 1040. The highest BCUT2D eigenvalue weighted by molar-refractivity contribution is 5.76. The lowest BCUT2D eigenvalue weighted by Gasteiger charge is -2.44. The van der Waals surface area contributed by atoms with Crippen LogP contribution in [0.2, 0.25) is 0 Å². The van der Waals surface area contributed by atoms with Crippen LogP contribution in [0, 0.1) is 29.1 Å². The number of carbonyl (C=O) groups excluding carboxylic acids is 3. The fourth-order valence-electron chi connectivity index (χ4n) is 7.89. The smallest absolute Gasteiger partial charge is 0.311 e. The van der Waals surface area contributed by atoms with Crippen molar-refractivity contribution >= 4 is 23.6 Å². The highest BCUT2D eigenvalue weighted by atomic mass is 16.6. The molecule has 9 heteroatoms.